The van der Waals surface area contributed by atoms with Crippen LogP contribution in [-0.4, -0.2) is 40.2 Å². The third-order valence-electron chi connectivity index (χ3n) is 5.70. The lowest BCUT2D eigenvalue weighted by Crippen LogP contribution is -2.23. The molecule has 0 spiro atoms. The zero-order chi connectivity index (χ0) is 21.9. The van der Waals surface area contributed by atoms with Gasteiger partial charge in [0.15, 0.2) is 11.5 Å². The van der Waals surface area contributed by atoms with Gasteiger partial charge in [0.05, 0.1) is 5.39 Å². The van der Waals surface area contributed by atoms with E-state index in [-0.39, 0.29) is 18.3 Å². The third-order valence-corrected chi connectivity index (χ3v) is 5.70. The van der Waals surface area contributed by atoms with Gasteiger partial charge in [0, 0.05) is 36.5 Å². The lowest BCUT2D eigenvalue weighted by Gasteiger charge is -2.12. The molecule has 2 aromatic heterocycles. The van der Waals surface area contributed by atoms with E-state index in [0.717, 1.165) is 41.8 Å². The summed E-state index contributed by atoms with van der Waals surface area (Å²) in [5.74, 6) is 0.107. The Labute approximate surface area is 184 Å². The summed E-state index contributed by atoms with van der Waals surface area (Å²) < 4.78 is 14.9. The van der Waals surface area contributed by atoms with E-state index in [9.17, 15) is 9.18 Å². The Morgan fingerprint density at radius 3 is 2.81 bits per heavy atom. The van der Waals surface area contributed by atoms with Crippen LogP contribution in [0.3, 0.4) is 0 Å². The zero-order valence-corrected chi connectivity index (χ0v) is 17.4. The van der Waals surface area contributed by atoms with Gasteiger partial charge in [0.25, 0.3) is 5.91 Å². The average Bonchev–Trinajstić information content (AvgIpc) is 3.49. The lowest BCUT2D eigenvalue weighted by atomic mass is 10.0. The molecule has 2 aromatic carbocycles. The number of nitrogens with one attached hydrogen (secondary N) is 4. The van der Waals surface area contributed by atoms with Gasteiger partial charge in [-0.15, -0.1) is 0 Å². The number of amides is 1. The number of halogens is 1. The van der Waals surface area contributed by atoms with Crippen molar-refractivity contribution in [1.29, 1.82) is 0 Å². The van der Waals surface area contributed by atoms with Crippen molar-refractivity contribution in [2.75, 3.05) is 18.4 Å². The van der Waals surface area contributed by atoms with Crippen molar-refractivity contribution < 1.29 is 9.18 Å². The smallest absolute Gasteiger partial charge is 0.251 e. The predicted octanol–water partition coefficient (Wildman–Crippen LogP) is 3.47. The SMILES string of the molecule is O=C(NCc1ccc(-c2ccnc3[nH]nc(NC4CCNC4)c23)cc1F)c1ccccc1. The van der Waals surface area contributed by atoms with Gasteiger partial charge in [-0.05, 0) is 48.4 Å². The minimum Gasteiger partial charge on any atom is -0.364 e. The monoisotopic (exact) mass is 430 g/mol. The maximum absolute atomic E-state index is 14.9. The molecular weight excluding hydrogens is 407 g/mol. The molecule has 1 amide bonds. The van der Waals surface area contributed by atoms with Crippen LogP contribution in [0.1, 0.15) is 22.3 Å². The van der Waals surface area contributed by atoms with Gasteiger partial charge < -0.3 is 16.0 Å². The molecule has 0 radical (unpaired) electrons. The first-order chi connectivity index (χ1) is 15.7. The molecule has 0 bridgehead atoms. The number of aromatic amines is 1. The summed E-state index contributed by atoms with van der Waals surface area (Å²) in [6, 6.07) is 16.1. The van der Waals surface area contributed by atoms with Gasteiger partial charge in [0.2, 0.25) is 0 Å². The van der Waals surface area contributed by atoms with Gasteiger partial charge in [-0.1, -0.05) is 30.3 Å². The summed E-state index contributed by atoms with van der Waals surface area (Å²) in [6.07, 6.45) is 2.70. The Morgan fingerprint density at radius 1 is 1.16 bits per heavy atom. The molecule has 0 aliphatic carbocycles. The van der Waals surface area contributed by atoms with Crippen LogP contribution >= 0.6 is 0 Å². The fourth-order valence-electron chi connectivity index (χ4n) is 3.99. The van der Waals surface area contributed by atoms with Crippen molar-refractivity contribution in [2.45, 2.75) is 19.0 Å². The van der Waals surface area contributed by atoms with Crippen molar-refractivity contribution in [3.8, 4) is 11.1 Å². The number of benzene rings is 2. The van der Waals surface area contributed by atoms with Crippen molar-refractivity contribution in [3.63, 3.8) is 0 Å². The summed E-state index contributed by atoms with van der Waals surface area (Å²) >= 11 is 0. The summed E-state index contributed by atoms with van der Waals surface area (Å²) in [5.41, 5.74) is 3.18. The van der Waals surface area contributed by atoms with E-state index in [2.05, 4.69) is 31.1 Å². The first-order valence-corrected chi connectivity index (χ1v) is 10.6. The molecule has 8 heteroatoms. The van der Waals surface area contributed by atoms with Gasteiger partial charge in [-0.25, -0.2) is 9.37 Å². The van der Waals surface area contributed by atoms with E-state index in [1.807, 2.05) is 18.2 Å². The van der Waals surface area contributed by atoms with E-state index >= 15 is 0 Å². The van der Waals surface area contributed by atoms with Gasteiger partial charge in [0.1, 0.15) is 5.82 Å². The summed E-state index contributed by atoms with van der Waals surface area (Å²) in [6.45, 7) is 1.96. The van der Waals surface area contributed by atoms with Crippen molar-refractivity contribution in [1.82, 2.24) is 25.8 Å². The topological polar surface area (TPSA) is 94.7 Å². The minimum atomic E-state index is -0.376. The van der Waals surface area contributed by atoms with Crippen LogP contribution in [0.25, 0.3) is 22.2 Å². The van der Waals surface area contributed by atoms with E-state index in [4.69, 9.17) is 0 Å². The second-order valence-corrected chi connectivity index (χ2v) is 7.84. The Morgan fingerprint density at radius 2 is 2.03 bits per heavy atom. The summed E-state index contributed by atoms with van der Waals surface area (Å²) in [4.78, 5) is 16.6. The van der Waals surface area contributed by atoms with E-state index in [1.54, 1.807) is 36.5 Å². The molecule has 1 fully saturated rings. The van der Waals surface area contributed by atoms with Crippen LogP contribution < -0.4 is 16.0 Å². The van der Waals surface area contributed by atoms with Crippen LogP contribution in [0.15, 0.2) is 60.8 Å². The lowest BCUT2D eigenvalue weighted by molar-refractivity contribution is 0.0950. The predicted molar refractivity (Wildman–Crippen MR) is 122 cm³/mol. The van der Waals surface area contributed by atoms with Crippen LogP contribution in [-0.2, 0) is 6.54 Å². The number of rotatable bonds is 6. The fourth-order valence-corrected chi connectivity index (χ4v) is 3.99. The highest BCUT2D eigenvalue weighted by Gasteiger charge is 2.19. The highest BCUT2D eigenvalue weighted by Crippen LogP contribution is 2.33. The molecule has 0 saturated carbocycles. The Balaban J connectivity index is 1.39. The minimum absolute atomic E-state index is 0.110. The maximum atomic E-state index is 14.9. The normalized spacial score (nSPS) is 15.7. The first kappa shape index (κ1) is 20.1. The number of fused-ring (bicyclic) bond motifs is 1. The molecule has 5 rings (SSSR count). The third kappa shape index (κ3) is 4.04. The second-order valence-electron chi connectivity index (χ2n) is 7.84. The number of carbonyl (C=O) groups excluding carboxylic acids is 1. The fraction of sp³-hybridized carbons (Fsp3) is 0.208. The first-order valence-electron chi connectivity index (χ1n) is 10.6. The van der Waals surface area contributed by atoms with Crippen LogP contribution in [0.4, 0.5) is 10.2 Å². The number of H-pyrrole nitrogens is 1. The molecular formula is C24H23FN6O. The molecule has 32 heavy (non-hydrogen) atoms. The number of carbonyl (C=O) groups is 1. The van der Waals surface area contributed by atoms with Crippen LogP contribution in [0, 0.1) is 5.82 Å². The van der Waals surface area contributed by atoms with Crippen molar-refractivity contribution in [3.05, 3.63) is 77.7 Å². The number of pyridine rings is 1. The molecule has 1 atom stereocenters. The van der Waals surface area contributed by atoms with Gasteiger partial charge in [-0.2, -0.15) is 5.10 Å². The molecule has 3 heterocycles. The molecule has 1 saturated heterocycles. The molecule has 1 unspecified atom stereocenters. The molecule has 4 N–H and O–H groups in total. The van der Waals surface area contributed by atoms with Crippen LogP contribution in [0.2, 0.25) is 0 Å². The quantitative estimate of drug-likeness (QED) is 0.376. The van der Waals surface area contributed by atoms with Crippen molar-refractivity contribution >= 4 is 22.8 Å². The molecule has 1 aliphatic heterocycles. The Hall–Kier alpha value is -3.78. The summed E-state index contributed by atoms with van der Waals surface area (Å²) in [5, 5.41) is 17.8. The highest BCUT2D eigenvalue weighted by atomic mass is 19.1. The molecule has 7 nitrogen and oxygen atoms in total. The van der Waals surface area contributed by atoms with E-state index in [0.29, 0.717) is 22.8 Å². The number of anilines is 1. The summed E-state index contributed by atoms with van der Waals surface area (Å²) in [7, 11) is 0. The van der Waals surface area contributed by atoms with E-state index < -0.39 is 0 Å². The Kier molecular flexibility index (Phi) is 5.51. The Bertz CT molecular complexity index is 1250. The standard InChI is InChI=1S/C24H23FN6O/c25-20-12-16(6-7-17(20)13-28-24(32)15-4-2-1-3-5-15)19-9-11-27-22-21(19)23(31-30-22)29-18-8-10-26-14-18/h1-7,9,11-12,18,26H,8,10,13-14H2,(H,28,32)(H2,27,29,30,31). The number of hydrogen-bond acceptors (Lipinski definition) is 5. The maximum Gasteiger partial charge on any atom is 0.251 e. The van der Waals surface area contributed by atoms with Crippen molar-refractivity contribution in [2.24, 2.45) is 0 Å². The van der Waals surface area contributed by atoms with Crippen LogP contribution in [0.5, 0.6) is 0 Å². The zero-order valence-electron chi connectivity index (χ0n) is 17.4. The van der Waals surface area contributed by atoms with E-state index in [1.165, 1.54) is 6.07 Å². The number of hydrogen-bond donors (Lipinski definition) is 4. The van der Waals surface area contributed by atoms with Gasteiger partial charge >= 0.3 is 0 Å². The second kappa shape index (κ2) is 8.76. The molecule has 1 aliphatic rings. The largest absolute Gasteiger partial charge is 0.364 e. The highest BCUT2D eigenvalue weighted by molar-refractivity contribution is 6.00. The average molecular weight is 430 g/mol. The number of nitrogens with zero attached hydrogens (tertiary/aromatic N) is 2. The number of aromatic nitrogens is 3. The molecule has 162 valence electrons. The molecule has 4 aromatic rings. The van der Waals surface area contributed by atoms with Gasteiger partial charge in [-0.3, -0.25) is 9.89 Å².